The van der Waals surface area contributed by atoms with Gasteiger partial charge in [0.25, 0.3) is 5.91 Å². The molecule has 3 heterocycles. The van der Waals surface area contributed by atoms with Crippen LogP contribution in [0.2, 0.25) is 0 Å². The van der Waals surface area contributed by atoms with E-state index in [2.05, 4.69) is 4.90 Å². The highest BCUT2D eigenvalue weighted by Gasteiger charge is 2.57. The molecule has 1 spiro atoms. The number of likely N-dealkylation sites (tertiary alicyclic amines) is 1. The molecule has 0 aromatic heterocycles. The number of rotatable bonds is 6. The summed E-state index contributed by atoms with van der Waals surface area (Å²) in [6.07, 6.45) is 3.63. The average molecular weight is 430 g/mol. The van der Waals surface area contributed by atoms with E-state index in [0.29, 0.717) is 36.7 Å². The van der Waals surface area contributed by atoms with Crippen molar-refractivity contribution in [2.24, 2.45) is 5.92 Å². The Hall–Kier alpha value is -2.12. The van der Waals surface area contributed by atoms with E-state index in [4.69, 9.17) is 9.47 Å². The number of hydrogen-bond donors (Lipinski definition) is 0. The molecule has 1 aromatic rings. The predicted molar refractivity (Wildman–Crippen MR) is 119 cm³/mol. The van der Waals surface area contributed by atoms with Gasteiger partial charge in [0.2, 0.25) is 0 Å². The van der Waals surface area contributed by atoms with E-state index in [0.717, 1.165) is 45.7 Å². The number of imide groups is 1. The van der Waals surface area contributed by atoms with E-state index in [-0.39, 0.29) is 18.0 Å². The van der Waals surface area contributed by atoms with Crippen LogP contribution < -0.4 is 9.64 Å². The number of benzene rings is 1. The van der Waals surface area contributed by atoms with E-state index in [9.17, 15) is 9.59 Å². The lowest BCUT2D eigenvalue weighted by Crippen LogP contribution is -2.57. The van der Waals surface area contributed by atoms with Gasteiger partial charge in [0, 0.05) is 45.5 Å². The van der Waals surface area contributed by atoms with Crippen molar-refractivity contribution in [3.8, 4) is 5.75 Å². The Kier molecular flexibility index (Phi) is 6.53. The molecule has 7 nitrogen and oxygen atoms in total. The molecule has 31 heavy (non-hydrogen) atoms. The molecule has 4 rings (SSSR count). The maximum Gasteiger partial charge on any atom is 0.332 e. The minimum Gasteiger partial charge on any atom is -0.491 e. The molecule has 0 atom stereocenters. The van der Waals surface area contributed by atoms with Crippen LogP contribution in [0.5, 0.6) is 5.75 Å². The van der Waals surface area contributed by atoms with Crippen LogP contribution in [0.4, 0.5) is 10.5 Å². The first-order chi connectivity index (χ1) is 14.9. The van der Waals surface area contributed by atoms with Crippen LogP contribution in [-0.4, -0.2) is 72.8 Å². The number of carbonyl (C=O) groups is 2. The molecule has 3 aliphatic rings. The molecule has 0 N–H and O–H groups in total. The van der Waals surface area contributed by atoms with Crippen molar-refractivity contribution in [1.29, 1.82) is 0 Å². The Bertz CT molecular complexity index is 798. The third kappa shape index (κ3) is 4.30. The van der Waals surface area contributed by atoms with E-state index < -0.39 is 5.54 Å². The molecule has 3 fully saturated rings. The zero-order valence-corrected chi connectivity index (χ0v) is 19.0. The number of urea groups is 1. The topological polar surface area (TPSA) is 62.3 Å². The number of nitrogens with zero attached hydrogens (tertiary/aromatic N) is 3. The Morgan fingerprint density at radius 2 is 1.87 bits per heavy atom. The van der Waals surface area contributed by atoms with Gasteiger partial charge in [-0.2, -0.15) is 0 Å². The van der Waals surface area contributed by atoms with Gasteiger partial charge in [-0.05, 0) is 64.5 Å². The molecular formula is C24H35N3O4. The standard InChI is InChI=1S/C24H35N3O4/c1-4-26-23(29)27(20-6-5-7-21(16-20)31-18(2)3)22(28)24(26)10-12-25(13-11-24)17-19-8-14-30-15-9-19/h5-7,16,18-19H,4,8-15,17H2,1-3H3. The lowest BCUT2D eigenvalue weighted by atomic mass is 9.85. The second-order valence-corrected chi connectivity index (χ2v) is 9.22. The van der Waals surface area contributed by atoms with Gasteiger partial charge < -0.3 is 19.3 Å². The van der Waals surface area contributed by atoms with Gasteiger partial charge >= 0.3 is 6.03 Å². The van der Waals surface area contributed by atoms with Crippen molar-refractivity contribution in [2.45, 2.75) is 58.1 Å². The third-order valence-electron chi connectivity index (χ3n) is 6.84. The predicted octanol–water partition coefficient (Wildman–Crippen LogP) is 3.52. The number of piperidine rings is 1. The first-order valence-electron chi connectivity index (χ1n) is 11.7. The van der Waals surface area contributed by atoms with Crippen LogP contribution in [0.3, 0.4) is 0 Å². The number of anilines is 1. The largest absolute Gasteiger partial charge is 0.491 e. The van der Waals surface area contributed by atoms with Crippen molar-refractivity contribution in [3.63, 3.8) is 0 Å². The van der Waals surface area contributed by atoms with E-state index in [1.807, 2.05) is 39.0 Å². The molecular weight excluding hydrogens is 394 g/mol. The maximum absolute atomic E-state index is 13.7. The normalized spacial score (nSPS) is 22.7. The highest BCUT2D eigenvalue weighted by molar-refractivity contribution is 6.23. The van der Waals surface area contributed by atoms with Crippen molar-refractivity contribution in [2.75, 3.05) is 44.3 Å². The summed E-state index contributed by atoms with van der Waals surface area (Å²) in [6.45, 7) is 10.9. The second kappa shape index (κ2) is 9.17. The highest BCUT2D eigenvalue weighted by Crippen LogP contribution is 2.40. The molecule has 3 amide bonds. The van der Waals surface area contributed by atoms with Gasteiger partial charge in [-0.15, -0.1) is 0 Å². The lowest BCUT2D eigenvalue weighted by molar-refractivity contribution is -0.127. The summed E-state index contributed by atoms with van der Waals surface area (Å²) < 4.78 is 11.3. The van der Waals surface area contributed by atoms with Gasteiger partial charge in [0.05, 0.1) is 11.8 Å². The van der Waals surface area contributed by atoms with E-state index in [1.165, 1.54) is 4.90 Å². The Morgan fingerprint density at radius 1 is 1.16 bits per heavy atom. The van der Waals surface area contributed by atoms with Crippen molar-refractivity contribution < 1.29 is 19.1 Å². The van der Waals surface area contributed by atoms with Crippen LogP contribution in [0.15, 0.2) is 24.3 Å². The molecule has 0 radical (unpaired) electrons. The number of amides is 3. The summed E-state index contributed by atoms with van der Waals surface area (Å²) in [4.78, 5) is 32.6. The van der Waals surface area contributed by atoms with Gasteiger partial charge in [-0.1, -0.05) is 6.07 Å². The number of ether oxygens (including phenoxy) is 2. The number of likely N-dealkylation sites (N-methyl/N-ethyl adjacent to an activating group) is 1. The summed E-state index contributed by atoms with van der Waals surface area (Å²) in [7, 11) is 0. The van der Waals surface area contributed by atoms with Crippen molar-refractivity contribution in [1.82, 2.24) is 9.80 Å². The van der Waals surface area contributed by atoms with Crippen LogP contribution >= 0.6 is 0 Å². The van der Waals surface area contributed by atoms with Gasteiger partial charge in [0.1, 0.15) is 11.3 Å². The van der Waals surface area contributed by atoms with Crippen LogP contribution in [0.25, 0.3) is 0 Å². The van der Waals surface area contributed by atoms with Gasteiger partial charge in [-0.25, -0.2) is 9.69 Å². The summed E-state index contributed by atoms with van der Waals surface area (Å²) in [5, 5.41) is 0. The minimum absolute atomic E-state index is 0.0266. The summed E-state index contributed by atoms with van der Waals surface area (Å²) >= 11 is 0. The summed E-state index contributed by atoms with van der Waals surface area (Å²) in [5.41, 5.74) is -0.138. The van der Waals surface area contributed by atoms with Crippen molar-refractivity contribution in [3.05, 3.63) is 24.3 Å². The smallest absolute Gasteiger partial charge is 0.332 e. The molecule has 1 aromatic carbocycles. The fraction of sp³-hybridized carbons (Fsp3) is 0.667. The molecule has 0 unspecified atom stereocenters. The Labute approximate surface area is 185 Å². The summed E-state index contributed by atoms with van der Waals surface area (Å²) in [5.74, 6) is 1.25. The molecule has 0 aliphatic carbocycles. The van der Waals surface area contributed by atoms with Crippen LogP contribution in [0, 0.1) is 5.92 Å². The van der Waals surface area contributed by atoms with Gasteiger partial charge in [-0.3, -0.25) is 4.79 Å². The first-order valence-corrected chi connectivity index (χ1v) is 11.7. The third-order valence-corrected chi connectivity index (χ3v) is 6.84. The zero-order valence-electron chi connectivity index (χ0n) is 19.0. The van der Waals surface area contributed by atoms with Gasteiger partial charge in [0.15, 0.2) is 0 Å². The van der Waals surface area contributed by atoms with Crippen LogP contribution in [-0.2, 0) is 9.53 Å². The quantitative estimate of drug-likeness (QED) is 0.648. The summed E-state index contributed by atoms with van der Waals surface area (Å²) in [6, 6.07) is 7.09. The molecule has 0 bridgehead atoms. The fourth-order valence-corrected chi connectivity index (χ4v) is 5.23. The second-order valence-electron chi connectivity index (χ2n) is 9.22. The zero-order chi connectivity index (χ0) is 22.0. The number of carbonyl (C=O) groups excluding carboxylic acids is 2. The first kappa shape index (κ1) is 22.1. The molecule has 170 valence electrons. The Morgan fingerprint density at radius 3 is 2.52 bits per heavy atom. The van der Waals surface area contributed by atoms with E-state index >= 15 is 0 Å². The molecule has 0 saturated carbocycles. The van der Waals surface area contributed by atoms with Crippen molar-refractivity contribution >= 4 is 17.6 Å². The highest BCUT2D eigenvalue weighted by atomic mass is 16.5. The maximum atomic E-state index is 13.7. The average Bonchev–Trinajstić information content (AvgIpc) is 2.96. The molecule has 7 heteroatoms. The SMILES string of the molecule is CCN1C(=O)N(c2cccc(OC(C)C)c2)C(=O)C12CCN(CC1CCOCC1)CC2. The van der Waals surface area contributed by atoms with E-state index in [1.54, 1.807) is 11.0 Å². The fourth-order valence-electron chi connectivity index (χ4n) is 5.23. The Balaban J connectivity index is 1.50. The number of hydrogen-bond acceptors (Lipinski definition) is 5. The lowest BCUT2D eigenvalue weighted by Gasteiger charge is -2.43. The minimum atomic E-state index is -0.729. The molecule has 3 aliphatic heterocycles. The molecule has 3 saturated heterocycles. The van der Waals surface area contributed by atoms with Crippen LogP contribution in [0.1, 0.15) is 46.5 Å². The monoisotopic (exact) mass is 429 g/mol.